The van der Waals surface area contributed by atoms with E-state index in [0.717, 1.165) is 23.1 Å². The first-order valence-corrected chi connectivity index (χ1v) is 13.3. The normalized spacial score (nSPS) is 16.1. The molecule has 224 valence electrons. The molecule has 2 aliphatic heterocycles. The number of carbonyl (C=O) groups is 2. The molecule has 1 saturated heterocycles. The lowest BCUT2D eigenvalue weighted by Gasteiger charge is -2.36. The summed E-state index contributed by atoms with van der Waals surface area (Å²) in [6.07, 6.45) is -2.53. The van der Waals surface area contributed by atoms with Gasteiger partial charge < -0.3 is 24.4 Å². The molecule has 0 aliphatic carbocycles. The SMILES string of the molecule is CC(=O)N1CCN(c2c(C)n(CC(=O)Nc3ccc(C(F)(F)F)c(F)c3C)c3nc(C4=CCOCC4)nn3c2=O)CC1. The Morgan fingerprint density at radius 1 is 1.12 bits per heavy atom. The van der Waals surface area contributed by atoms with Crippen LogP contribution in [0.1, 0.15) is 36.0 Å². The monoisotopic (exact) mass is 591 g/mol. The van der Waals surface area contributed by atoms with Crippen molar-refractivity contribution >= 4 is 34.5 Å². The van der Waals surface area contributed by atoms with Gasteiger partial charge in [-0.25, -0.2) is 4.39 Å². The van der Waals surface area contributed by atoms with Crippen molar-refractivity contribution in [1.82, 2.24) is 24.1 Å². The van der Waals surface area contributed by atoms with Crippen molar-refractivity contribution in [3.63, 3.8) is 0 Å². The molecule has 42 heavy (non-hydrogen) atoms. The van der Waals surface area contributed by atoms with Crippen molar-refractivity contribution in [2.75, 3.05) is 49.6 Å². The lowest BCUT2D eigenvalue weighted by molar-refractivity contribution is -0.140. The number of anilines is 2. The minimum atomic E-state index is -4.88. The van der Waals surface area contributed by atoms with Crippen LogP contribution in [0.25, 0.3) is 11.4 Å². The number of hydrogen-bond donors (Lipinski definition) is 1. The third-order valence-corrected chi connectivity index (χ3v) is 7.53. The van der Waals surface area contributed by atoms with Crippen LogP contribution in [0, 0.1) is 19.7 Å². The van der Waals surface area contributed by atoms with E-state index in [2.05, 4.69) is 15.4 Å². The zero-order valence-corrected chi connectivity index (χ0v) is 23.2. The van der Waals surface area contributed by atoms with Gasteiger partial charge >= 0.3 is 6.18 Å². The van der Waals surface area contributed by atoms with Crippen molar-refractivity contribution in [2.45, 2.75) is 39.9 Å². The summed E-state index contributed by atoms with van der Waals surface area (Å²) < 4.78 is 61.8. The third kappa shape index (κ3) is 5.47. The molecule has 0 saturated carbocycles. The van der Waals surface area contributed by atoms with Crippen LogP contribution in [0.5, 0.6) is 0 Å². The zero-order chi connectivity index (χ0) is 30.3. The quantitative estimate of drug-likeness (QED) is 0.454. The van der Waals surface area contributed by atoms with Gasteiger partial charge in [0.25, 0.3) is 5.56 Å². The highest BCUT2D eigenvalue weighted by Gasteiger charge is 2.35. The van der Waals surface area contributed by atoms with E-state index in [1.807, 2.05) is 11.0 Å². The maximum Gasteiger partial charge on any atom is 0.419 e. The van der Waals surface area contributed by atoms with Gasteiger partial charge in [0.15, 0.2) is 5.82 Å². The fraction of sp³-hybridized carbons (Fsp3) is 0.444. The van der Waals surface area contributed by atoms with Crippen molar-refractivity contribution in [3.05, 3.63) is 57.0 Å². The Hall–Kier alpha value is -4.27. The smallest absolute Gasteiger partial charge is 0.377 e. The molecular weight excluding hydrogens is 562 g/mol. The van der Waals surface area contributed by atoms with Gasteiger partial charge in [-0.3, -0.25) is 14.4 Å². The van der Waals surface area contributed by atoms with E-state index in [1.54, 1.807) is 11.8 Å². The first-order valence-electron chi connectivity index (χ1n) is 13.3. The highest BCUT2D eigenvalue weighted by atomic mass is 19.4. The molecule has 2 aromatic heterocycles. The van der Waals surface area contributed by atoms with Crippen LogP contribution in [0.4, 0.5) is 28.9 Å². The number of ether oxygens (including phenoxy) is 1. The van der Waals surface area contributed by atoms with E-state index >= 15 is 0 Å². The summed E-state index contributed by atoms with van der Waals surface area (Å²) in [6, 6.07) is 1.58. The van der Waals surface area contributed by atoms with E-state index in [0.29, 0.717) is 63.4 Å². The average Bonchev–Trinajstić information content (AvgIpc) is 3.40. The Kier molecular flexibility index (Phi) is 7.79. The maximum absolute atomic E-state index is 14.5. The molecule has 1 aromatic carbocycles. The number of hydrogen-bond acceptors (Lipinski definition) is 7. The highest BCUT2D eigenvalue weighted by molar-refractivity contribution is 5.92. The van der Waals surface area contributed by atoms with E-state index in [1.165, 1.54) is 11.5 Å². The number of carbonyl (C=O) groups excluding carboxylic acids is 2. The summed E-state index contributed by atoms with van der Waals surface area (Å²) in [5.41, 5.74) is -0.866. The van der Waals surface area contributed by atoms with Gasteiger partial charge in [-0.1, -0.05) is 6.08 Å². The molecule has 0 atom stereocenters. The van der Waals surface area contributed by atoms with Crippen LogP contribution < -0.4 is 15.8 Å². The molecule has 3 aromatic rings. The summed E-state index contributed by atoms with van der Waals surface area (Å²) in [5, 5.41) is 6.94. The third-order valence-electron chi connectivity index (χ3n) is 7.53. The Morgan fingerprint density at radius 3 is 2.45 bits per heavy atom. The molecule has 0 spiro atoms. The maximum atomic E-state index is 14.5. The Bertz CT molecular complexity index is 1650. The first kappa shape index (κ1) is 29.2. The summed E-state index contributed by atoms with van der Waals surface area (Å²) >= 11 is 0. The fourth-order valence-corrected chi connectivity index (χ4v) is 5.18. The van der Waals surface area contributed by atoms with Crippen LogP contribution in [-0.2, 0) is 27.0 Å². The van der Waals surface area contributed by atoms with Gasteiger partial charge in [0.1, 0.15) is 18.0 Å². The van der Waals surface area contributed by atoms with Crippen LogP contribution >= 0.6 is 0 Å². The van der Waals surface area contributed by atoms with Gasteiger partial charge in [-0.05, 0) is 38.0 Å². The number of amides is 2. The lowest BCUT2D eigenvalue weighted by atomic mass is 10.1. The van der Waals surface area contributed by atoms with E-state index in [4.69, 9.17) is 4.74 Å². The number of nitrogens with zero attached hydrogens (tertiary/aromatic N) is 6. The largest absolute Gasteiger partial charge is 0.419 e. The fourth-order valence-electron chi connectivity index (χ4n) is 5.18. The van der Waals surface area contributed by atoms with Crippen molar-refractivity contribution in [1.29, 1.82) is 0 Å². The summed E-state index contributed by atoms with van der Waals surface area (Å²) in [4.78, 5) is 46.8. The van der Waals surface area contributed by atoms with Crippen LogP contribution in [0.3, 0.4) is 0 Å². The average molecular weight is 592 g/mol. The number of rotatable bonds is 5. The molecule has 2 amide bonds. The second-order valence-corrected chi connectivity index (χ2v) is 10.2. The number of fused-ring (bicyclic) bond motifs is 1. The molecule has 1 fully saturated rings. The summed E-state index contributed by atoms with van der Waals surface area (Å²) in [7, 11) is 0. The number of aromatic nitrogens is 4. The Morgan fingerprint density at radius 2 is 1.83 bits per heavy atom. The molecule has 0 unspecified atom stereocenters. The number of alkyl halides is 3. The zero-order valence-electron chi connectivity index (χ0n) is 23.2. The molecule has 1 N–H and O–H groups in total. The summed E-state index contributed by atoms with van der Waals surface area (Å²) in [5.74, 6) is -1.81. The minimum Gasteiger partial charge on any atom is -0.377 e. The molecule has 4 heterocycles. The lowest BCUT2D eigenvalue weighted by Crippen LogP contribution is -2.50. The van der Waals surface area contributed by atoms with Crippen LogP contribution in [0.2, 0.25) is 0 Å². The van der Waals surface area contributed by atoms with Crippen LogP contribution in [0.15, 0.2) is 23.0 Å². The Balaban J connectivity index is 1.54. The molecule has 5 rings (SSSR count). The molecule has 0 bridgehead atoms. The van der Waals surface area contributed by atoms with Crippen molar-refractivity contribution < 1.29 is 31.9 Å². The summed E-state index contributed by atoms with van der Waals surface area (Å²) in [6.45, 7) is 6.28. The molecular formula is C27H29F4N7O4. The van der Waals surface area contributed by atoms with Gasteiger partial charge in [-0.2, -0.15) is 22.7 Å². The Labute approximate surface area is 237 Å². The standard InChI is InChI=1S/C27H29F4N7O4/c1-15-20(5-4-19(22(15)28)27(29,30)31)32-21(40)14-37-16(2)23(36-10-8-35(9-11-36)17(3)39)25(41)38-26(37)33-24(34-38)18-6-12-42-13-7-18/h4-6H,7-14H2,1-3H3,(H,32,40). The molecule has 2 aliphatic rings. The van der Waals surface area contributed by atoms with Gasteiger partial charge in [0.2, 0.25) is 17.6 Å². The van der Waals surface area contributed by atoms with Crippen LogP contribution in [-0.4, -0.2) is 75.3 Å². The minimum absolute atomic E-state index is 0.0726. The predicted molar refractivity (Wildman–Crippen MR) is 145 cm³/mol. The van der Waals surface area contributed by atoms with E-state index in [-0.39, 0.29) is 28.6 Å². The first-order chi connectivity index (χ1) is 19.9. The highest BCUT2D eigenvalue weighted by Crippen LogP contribution is 2.34. The second kappa shape index (κ2) is 11.2. The van der Waals surface area contributed by atoms with E-state index < -0.39 is 35.6 Å². The van der Waals surface area contributed by atoms with E-state index in [9.17, 15) is 31.9 Å². The van der Waals surface area contributed by atoms with Gasteiger partial charge in [-0.15, -0.1) is 5.10 Å². The number of halogens is 4. The molecule has 15 heteroatoms. The van der Waals surface area contributed by atoms with Crippen molar-refractivity contribution in [2.24, 2.45) is 0 Å². The molecule has 11 nitrogen and oxygen atoms in total. The number of piperazine rings is 1. The second-order valence-electron chi connectivity index (χ2n) is 10.2. The van der Waals surface area contributed by atoms with Gasteiger partial charge in [0, 0.05) is 50.0 Å². The van der Waals surface area contributed by atoms with Gasteiger partial charge in [0.05, 0.1) is 18.8 Å². The topological polar surface area (TPSA) is 114 Å². The number of benzene rings is 1. The number of nitrogens with one attached hydrogen (secondary N) is 1. The van der Waals surface area contributed by atoms with Crippen molar-refractivity contribution in [3.8, 4) is 0 Å². The predicted octanol–water partition coefficient (Wildman–Crippen LogP) is 2.78. The molecule has 0 radical (unpaired) electrons.